The largest absolute Gasteiger partial charge is 0.337 e. The highest BCUT2D eigenvalue weighted by Gasteiger charge is 2.32. The van der Waals surface area contributed by atoms with Gasteiger partial charge in [0.2, 0.25) is 0 Å². The standard InChI is InChI=1S/C16H15N3O2S2/c1-10-5-8-23-13(10)16(20)19-6-4-11(9-19)14-17-15(21-18-14)12-3-2-7-22-12/h2-3,5,7-8,11H,4,6,9H2,1H3/t11-/m1/s1. The second kappa shape index (κ2) is 5.90. The van der Waals surface area contributed by atoms with Gasteiger partial charge in [0.1, 0.15) is 0 Å². The van der Waals surface area contributed by atoms with Gasteiger partial charge in [0.15, 0.2) is 5.82 Å². The lowest BCUT2D eigenvalue weighted by Crippen LogP contribution is -2.28. The monoisotopic (exact) mass is 345 g/mol. The summed E-state index contributed by atoms with van der Waals surface area (Å²) in [5.41, 5.74) is 1.04. The van der Waals surface area contributed by atoms with Crippen molar-refractivity contribution in [2.75, 3.05) is 13.1 Å². The molecule has 23 heavy (non-hydrogen) atoms. The fourth-order valence-corrected chi connectivity index (χ4v) is 4.33. The van der Waals surface area contributed by atoms with Gasteiger partial charge in [-0.3, -0.25) is 4.79 Å². The third-order valence-electron chi connectivity index (χ3n) is 4.07. The Balaban J connectivity index is 1.48. The van der Waals surface area contributed by atoms with E-state index >= 15 is 0 Å². The zero-order valence-corrected chi connectivity index (χ0v) is 14.2. The number of aryl methyl sites for hydroxylation is 1. The van der Waals surface area contributed by atoms with E-state index in [1.165, 1.54) is 11.3 Å². The van der Waals surface area contributed by atoms with Crippen molar-refractivity contribution in [1.82, 2.24) is 15.0 Å². The summed E-state index contributed by atoms with van der Waals surface area (Å²) < 4.78 is 5.36. The van der Waals surface area contributed by atoms with E-state index in [-0.39, 0.29) is 11.8 Å². The SMILES string of the molecule is Cc1ccsc1C(=O)N1CC[C@@H](c2noc(-c3cccs3)n2)C1. The van der Waals surface area contributed by atoms with Crippen molar-refractivity contribution < 1.29 is 9.32 Å². The van der Waals surface area contributed by atoms with Crippen LogP contribution < -0.4 is 0 Å². The Bertz CT molecular complexity index is 822. The zero-order valence-electron chi connectivity index (χ0n) is 12.6. The third kappa shape index (κ3) is 2.70. The molecule has 1 saturated heterocycles. The molecule has 3 aromatic rings. The van der Waals surface area contributed by atoms with Crippen LogP contribution in [0.3, 0.4) is 0 Å². The number of nitrogens with zero attached hydrogens (tertiary/aromatic N) is 3. The average molecular weight is 345 g/mol. The molecule has 1 aliphatic heterocycles. The van der Waals surface area contributed by atoms with E-state index in [1.807, 2.05) is 40.8 Å². The van der Waals surface area contributed by atoms with E-state index in [1.54, 1.807) is 11.3 Å². The number of carbonyl (C=O) groups is 1. The van der Waals surface area contributed by atoms with Crippen molar-refractivity contribution in [2.24, 2.45) is 0 Å². The minimum absolute atomic E-state index is 0.113. The average Bonchev–Trinajstić information content (AvgIpc) is 3.31. The molecule has 0 bridgehead atoms. The molecule has 0 unspecified atom stereocenters. The van der Waals surface area contributed by atoms with Crippen LogP contribution in [0.25, 0.3) is 10.8 Å². The van der Waals surface area contributed by atoms with E-state index < -0.39 is 0 Å². The van der Waals surface area contributed by atoms with Crippen LogP contribution >= 0.6 is 22.7 Å². The van der Waals surface area contributed by atoms with Gasteiger partial charge in [-0.15, -0.1) is 22.7 Å². The molecule has 4 heterocycles. The van der Waals surface area contributed by atoms with Crippen LogP contribution in [0, 0.1) is 6.92 Å². The summed E-state index contributed by atoms with van der Waals surface area (Å²) in [7, 11) is 0. The Morgan fingerprint density at radius 1 is 1.35 bits per heavy atom. The van der Waals surface area contributed by atoms with Gasteiger partial charge in [-0.25, -0.2) is 0 Å². The molecule has 0 aliphatic carbocycles. The van der Waals surface area contributed by atoms with E-state index in [4.69, 9.17) is 4.52 Å². The molecule has 0 aromatic carbocycles. The van der Waals surface area contributed by atoms with Crippen molar-refractivity contribution >= 4 is 28.6 Å². The summed E-state index contributed by atoms with van der Waals surface area (Å²) in [5, 5.41) is 8.06. The van der Waals surface area contributed by atoms with Gasteiger partial charge >= 0.3 is 0 Å². The highest BCUT2D eigenvalue weighted by molar-refractivity contribution is 7.13. The smallest absolute Gasteiger partial charge is 0.267 e. The predicted molar refractivity (Wildman–Crippen MR) is 89.9 cm³/mol. The number of likely N-dealkylation sites (tertiary alicyclic amines) is 1. The van der Waals surface area contributed by atoms with E-state index in [9.17, 15) is 4.79 Å². The minimum atomic E-state index is 0.113. The number of rotatable bonds is 3. The van der Waals surface area contributed by atoms with Gasteiger partial charge in [0, 0.05) is 19.0 Å². The Kier molecular flexibility index (Phi) is 3.74. The molecule has 1 aliphatic rings. The molecule has 1 amide bonds. The first-order valence-electron chi connectivity index (χ1n) is 7.43. The fraction of sp³-hybridized carbons (Fsp3) is 0.312. The Hall–Kier alpha value is -1.99. The van der Waals surface area contributed by atoms with Crippen LogP contribution in [-0.4, -0.2) is 34.0 Å². The van der Waals surface area contributed by atoms with Crippen LogP contribution in [0.5, 0.6) is 0 Å². The van der Waals surface area contributed by atoms with E-state index in [0.29, 0.717) is 18.3 Å². The first-order valence-corrected chi connectivity index (χ1v) is 9.19. The number of hydrogen-bond donors (Lipinski definition) is 0. The second-order valence-electron chi connectivity index (χ2n) is 5.60. The molecule has 4 rings (SSSR count). The van der Waals surface area contributed by atoms with Gasteiger partial charge in [-0.2, -0.15) is 4.98 Å². The summed E-state index contributed by atoms with van der Waals surface area (Å²) >= 11 is 3.08. The van der Waals surface area contributed by atoms with Crippen LogP contribution in [0.2, 0.25) is 0 Å². The van der Waals surface area contributed by atoms with Crippen LogP contribution in [0.15, 0.2) is 33.5 Å². The topological polar surface area (TPSA) is 59.2 Å². The summed E-state index contributed by atoms with van der Waals surface area (Å²) in [6, 6.07) is 5.91. The quantitative estimate of drug-likeness (QED) is 0.724. The fourth-order valence-electron chi connectivity index (χ4n) is 2.79. The number of aromatic nitrogens is 2. The Morgan fingerprint density at radius 2 is 2.26 bits per heavy atom. The second-order valence-corrected chi connectivity index (χ2v) is 7.47. The molecule has 0 spiro atoms. The minimum Gasteiger partial charge on any atom is -0.337 e. The predicted octanol–water partition coefficient (Wildman–Crippen LogP) is 3.80. The number of amides is 1. The summed E-state index contributed by atoms with van der Waals surface area (Å²) in [4.78, 5) is 20.8. The van der Waals surface area contributed by atoms with Gasteiger partial charge in [0.05, 0.1) is 9.75 Å². The lowest BCUT2D eigenvalue weighted by atomic mass is 10.1. The maximum absolute atomic E-state index is 12.6. The van der Waals surface area contributed by atoms with E-state index in [0.717, 1.165) is 28.3 Å². The zero-order chi connectivity index (χ0) is 15.8. The maximum atomic E-state index is 12.6. The lowest BCUT2D eigenvalue weighted by molar-refractivity contribution is 0.0794. The number of hydrogen-bond acceptors (Lipinski definition) is 6. The van der Waals surface area contributed by atoms with Gasteiger partial charge in [-0.05, 0) is 41.8 Å². The molecular weight excluding hydrogens is 330 g/mol. The van der Waals surface area contributed by atoms with Crippen molar-refractivity contribution in [3.8, 4) is 10.8 Å². The van der Waals surface area contributed by atoms with Gasteiger partial charge < -0.3 is 9.42 Å². The first-order chi connectivity index (χ1) is 11.2. The molecule has 118 valence electrons. The summed E-state index contributed by atoms with van der Waals surface area (Å²) in [6.07, 6.45) is 0.875. The maximum Gasteiger partial charge on any atom is 0.267 e. The molecule has 3 aromatic heterocycles. The van der Waals surface area contributed by atoms with E-state index in [2.05, 4.69) is 10.1 Å². The van der Waals surface area contributed by atoms with Crippen molar-refractivity contribution in [3.05, 3.63) is 45.2 Å². The molecule has 7 heteroatoms. The molecule has 0 radical (unpaired) electrons. The van der Waals surface area contributed by atoms with Crippen LogP contribution in [-0.2, 0) is 0 Å². The summed E-state index contributed by atoms with van der Waals surface area (Å²) in [5.74, 6) is 1.53. The third-order valence-corrected chi connectivity index (χ3v) is 5.93. The highest BCUT2D eigenvalue weighted by Crippen LogP contribution is 2.30. The molecule has 0 saturated carbocycles. The molecule has 1 atom stereocenters. The molecule has 0 N–H and O–H groups in total. The lowest BCUT2D eigenvalue weighted by Gasteiger charge is -2.15. The van der Waals surface area contributed by atoms with Crippen molar-refractivity contribution in [2.45, 2.75) is 19.3 Å². The molecular formula is C16H15N3O2S2. The van der Waals surface area contributed by atoms with Crippen LogP contribution in [0.1, 0.15) is 33.4 Å². The molecule has 5 nitrogen and oxygen atoms in total. The number of thiophene rings is 2. The van der Waals surface area contributed by atoms with Gasteiger partial charge in [0.25, 0.3) is 11.8 Å². The Labute approximate surface area is 141 Å². The van der Waals surface area contributed by atoms with Gasteiger partial charge in [-0.1, -0.05) is 11.2 Å². The van der Waals surface area contributed by atoms with Crippen molar-refractivity contribution in [1.29, 1.82) is 0 Å². The summed E-state index contributed by atoms with van der Waals surface area (Å²) in [6.45, 7) is 3.37. The van der Waals surface area contributed by atoms with Crippen molar-refractivity contribution in [3.63, 3.8) is 0 Å². The Morgan fingerprint density at radius 3 is 3.00 bits per heavy atom. The first kappa shape index (κ1) is 14.6. The molecule has 1 fully saturated rings. The van der Waals surface area contributed by atoms with Crippen LogP contribution in [0.4, 0.5) is 0 Å². The normalized spacial score (nSPS) is 17.8. The highest BCUT2D eigenvalue weighted by atomic mass is 32.1. The number of carbonyl (C=O) groups excluding carboxylic acids is 1.